The summed E-state index contributed by atoms with van der Waals surface area (Å²) in [4.78, 5) is 12.8. The highest BCUT2D eigenvalue weighted by molar-refractivity contribution is 8.13. The minimum Gasteiger partial charge on any atom is -0.339 e. The number of amides is 1. The van der Waals surface area contributed by atoms with E-state index in [1.165, 1.54) is 6.92 Å². The monoisotopic (exact) mass is 239 g/mol. The summed E-state index contributed by atoms with van der Waals surface area (Å²) in [5.74, 6) is -0.205. The Balaban J connectivity index is 2.68. The summed E-state index contributed by atoms with van der Waals surface area (Å²) in [5, 5.41) is 0. The van der Waals surface area contributed by atoms with Gasteiger partial charge in [-0.15, -0.1) is 0 Å². The average Bonchev–Trinajstić information content (AvgIpc) is 2.01. The molecule has 1 saturated heterocycles. The summed E-state index contributed by atoms with van der Waals surface area (Å²) in [5.41, 5.74) is 0. The van der Waals surface area contributed by atoms with E-state index in [9.17, 15) is 13.2 Å². The van der Waals surface area contributed by atoms with Gasteiger partial charge in [-0.1, -0.05) is 0 Å². The number of likely N-dealkylation sites (tertiary alicyclic amines) is 1. The quantitative estimate of drug-likeness (QED) is 0.675. The fourth-order valence-corrected chi connectivity index (χ4v) is 3.06. The number of piperidine rings is 1. The van der Waals surface area contributed by atoms with Crippen molar-refractivity contribution in [1.82, 2.24) is 4.90 Å². The maximum atomic E-state index is 11.2. The van der Waals surface area contributed by atoms with E-state index in [4.69, 9.17) is 10.7 Å². The van der Waals surface area contributed by atoms with Gasteiger partial charge < -0.3 is 4.90 Å². The zero-order chi connectivity index (χ0) is 10.8. The lowest BCUT2D eigenvalue weighted by molar-refractivity contribution is -0.131. The second-order valence-electron chi connectivity index (χ2n) is 3.57. The van der Waals surface area contributed by atoms with Crippen molar-refractivity contribution in [3.63, 3.8) is 0 Å². The van der Waals surface area contributed by atoms with Gasteiger partial charge in [-0.2, -0.15) is 0 Å². The van der Waals surface area contributed by atoms with Crippen molar-refractivity contribution < 1.29 is 13.2 Å². The van der Waals surface area contributed by atoms with E-state index in [1.807, 2.05) is 0 Å². The summed E-state index contributed by atoms with van der Waals surface area (Å²) >= 11 is 0. The van der Waals surface area contributed by atoms with E-state index in [0.29, 0.717) is 6.54 Å². The van der Waals surface area contributed by atoms with E-state index in [-0.39, 0.29) is 17.7 Å². The Labute approximate surface area is 88.6 Å². The van der Waals surface area contributed by atoms with Crippen LogP contribution in [0.4, 0.5) is 0 Å². The smallest absolute Gasteiger partial charge is 0.234 e. The molecular formula is C8H14ClNO3S. The first-order valence-electron chi connectivity index (χ1n) is 4.59. The summed E-state index contributed by atoms with van der Waals surface area (Å²) in [7, 11) is 1.66. The second kappa shape index (κ2) is 4.49. The van der Waals surface area contributed by atoms with Gasteiger partial charge in [-0.25, -0.2) is 8.42 Å². The molecule has 0 spiro atoms. The number of halogens is 1. The molecule has 0 N–H and O–H groups in total. The predicted octanol–water partition coefficient (Wildman–Crippen LogP) is 0.956. The number of carbonyl (C=O) groups is 1. The first kappa shape index (κ1) is 11.8. The summed E-state index contributed by atoms with van der Waals surface area (Å²) < 4.78 is 21.8. The lowest BCUT2D eigenvalue weighted by atomic mass is 10.0. The molecule has 1 heterocycles. The standard InChI is InChI=1S/C8H14ClNO3S/c1-7(11)10-5-3-2-4-8(10)6-14(9,12)13/h8H,2-6H2,1H3. The Morgan fingerprint density at radius 1 is 1.50 bits per heavy atom. The SMILES string of the molecule is CC(=O)N1CCCCC1CS(=O)(=O)Cl. The Morgan fingerprint density at radius 3 is 2.64 bits per heavy atom. The van der Waals surface area contributed by atoms with Gasteiger partial charge >= 0.3 is 0 Å². The lowest BCUT2D eigenvalue weighted by Gasteiger charge is -2.34. The van der Waals surface area contributed by atoms with Crippen LogP contribution in [-0.2, 0) is 13.8 Å². The van der Waals surface area contributed by atoms with Crippen LogP contribution in [0.25, 0.3) is 0 Å². The number of hydrogen-bond acceptors (Lipinski definition) is 3. The number of carbonyl (C=O) groups excluding carboxylic acids is 1. The van der Waals surface area contributed by atoms with Crippen molar-refractivity contribution in [3.8, 4) is 0 Å². The van der Waals surface area contributed by atoms with E-state index in [2.05, 4.69) is 0 Å². The van der Waals surface area contributed by atoms with E-state index in [1.54, 1.807) is 4.90 Å². The molecule has 14 heavy (non-hydrogen) atoms. The van der Waals surface area contributed by atoms with Crippen LogP contribution >= 0.6 is 10.7 Å². The average molecular weight is 240 g/mol. The molecular weight excluding hydrogens is 226 g/mol. The van der Waals surface area contributed by atoms with Crippen LogP contribution in [0.3, 0.4) is 0 Å². The number of rotatable bonds is 2. The molecule has 4 nitrogen and oxygen atoms in total. The van der Waals surface area contributed by atoms with Crippen molar-refractivity contribution in [2.45, 2.75) is 32.2 Å². The zero-order valence-corrected chi connectivity index (χ0v) is 9.64. The first-order chi connectivity index (χ1) is 6.40. The third kappa shape index (κ3) is 3.46. The summed E-state index contributed by atoms with van der Waals surface area (Å²) in [6.07, 6.45) is 2.63. The highest BCUT2D eigenvalue weighted by atomic mass is 35.7. The van der Waals surface area contributed by atoms with Gasteiger partial charge in [-0.05, 0) is 19.3 Å². The topological polar surface area (TPSA) is 54.5 Å². The Hall–Kier alpha value is -0.290. The van der Waals surface area contributed by atoms with Crippen LogP contribution in [0, 0.1) is 0 Å². The Morgan fingerprint density at radius 2 is 2.14 bits per heavy atom. The van der Waals surface area contributed by atoms with Gasteiger partial charge in [0.1, 0.15) is 0 Å². The highest BCUT2D eigenvalue weighted by Crippen LogP contribution is 2.19. The minimum absolute atomic E-state index is 0.0741. The molecule has 0 aromatic carbocycles. The van der Waals surface area contributed by atoms with E-state index < -0.39 is 9.05 Å². The maximum absolute atomic E-state index is 11.2. The largest absolute Gasteiger partial charge is 0.339 e. The molecule has 1 fully saturated rings. The Kier molecular flexibility index (Phi) is 3.78. The zero-order valence-electron chi connectivity index (χ0n) is 8.07. The molecule has 6 heteroatoms. The fraction of sp³-hybridized carbons (Fsp3) is 0.875. The van der Waals surface area contributed by atoms with Crippen molar-refractivity contribution in [1.29, 1.82) is 0 Å². The van der Waals surface area contributed by atoms with Crippen molar-refractivity contribution in [2.75, 3.05) is 12.3 Å². The van der Waals surface area contributed by atoms with Crippen LogP contribution in [0.5, 0.6) is 0 Å². The third-order valence-electron chi connectivity index (χ3n) is 2.42. The molecule has 0 radical (unpaired) electrons. The molecule has 1 rings (SSSR count). The molecule has 1 aliphatic heterocycles. The molecule has 0 aromatic rings. The Bertz CT molecular complexity index is 315. The van der Waals surface area contributed by atoms with Crippen molar-refractivity contribution in [3.05, 3.63) is 0 Å². The number of nitrogens with zero attached hydrogens (tertiary/aromatic N) is 1. The van der Waals surface area contributed by atoms with Gasteiger partial charge in [0.25, 0.3) is 0 Å². The predicted molar refractivity (Wildman–Crippen MR) is 54.7 cm³/mol. The van der Waals surface area contributed by atoms with Crippen LogP contribution in [0.2, 0.25) is 0 Å². The van der Waals surface area contributed by atoms with Gasteiger partial charge in [0.05, 0.1) is 5.75 Å². The van der Waals surface area contributed by atoms with Crippen LogP contribution in [0.1, 0.15) is 26.2 Å². The fourth-order valence-electron chi connectivity index (χ4n) is 1.82. The first-order valence-corrected chi connectivity index (χ1v) is 7.07. The highest BCUT2D eigenvalue weighted by Gasteiger charge is 2.27. The molecule has 0 saturated carbocycles. The number of hydrogen-bond donors (Lipinski definition) is 0. The van der Waals surface area contributed by atoms with E-state index in [0.717, 1.165) is 19.3 Å². The van der Waals surface area contributed by atoms with Crippen molar-refractivity contribution >= 4 is 25.6 Å². The molecule has 0 aliphatic carbocycles. The molecule has 0 bridgehead atoms. The summed E-state index contributed by atoms with van der Waals surface area (Å²) in [6.45, 7) is 2.10. The van der Waals surface area contributed by atoms with Crippen LogP contribution in [-0.4, -0.2) is 37.6 Å². The maximum Gasteiger partial charge on any atom is 0.234 e. The minimum atomic E-state index is -3.51. The third-order valence-corrected chi connectivity index (χ3v) is 3.58. The van der Waals surface area contributed by atoms with Gasteiger partial charge in [0, 0.05) is 30.2 Å². The molecule has 1 atom stereocenters. The van der Waals surface area contributed by atoms with Gasteiger partial charge in [0.15, 0.2) is 0 Å². The van der Waals surface area contributed by atoms with Crippen molar-refractivity contribution in [2.24, 2.45) is 0 Å². The second-order valence-corrected chi connectivity index (χ2v) is 6.39. The van der Waals surface area contributed by atoms with Gasteiger partial charge in [0.2, 0.25) is 15.0 Å². The summed E-state index contributed by atoms with van der Waals surface area (Å²) in [6, 6.07) is -0.233. The van der Waals surface area contributed by atoms with Crippen LogP contribution in [0.15, 0.2) is 0 Å². The molecule has 0 aromatic heterocycles. The molecule has 1 amide bonds. The molecule has 82 valence electrons. The lowest BCUT2D eigenvalue weighted by Crippen LogP contribution is -2.45. The van der Waals surface area contributed by atoms with E-state index >= 15 is 0 Å². The molecule has 1 unspecified atom stereocenters. The van der Waals surface area contributed by atoms with Crippen LogP contribution < -0.4 is 0 Å². The molecule has 1 aliphatic rings. The normalized spacial score (nSPS) is 23.6. The van der Waals surface area contributed by atoms with Gasteiger partial charge in [-0.3, -0.25) is 4.79 Å².